The highest BCUT2D eigenvalue weighted by Gasteiger charge is 1.95. The highest BCUT2D eigenvalue weighted by molar-refractivity contribution is 6.60. The van der Waals surface area contributed by atoms with Crippen molar-refractivity contribution in [3.63, 3.8) is 0 Å². The van der Waals surface area contributed by atoms with Gasteiger partial charge in [0.25, 0.3) is 0 Å². The van der Waals surface area contributed by atoms with Crippen molar-refractivity contribution in [3.8, 4) is 0 Å². The average Bonchev–Trinajstić information content (AvgIpc) is 2.35. The molecule has 78 valence electrons. The maximum atomic E-state index is 8.77. The van der Waals surface area contributed by atoms with Crippen molar-refractivity contribution < 1.29 is 19.8 Å². The first kappa shape index (κ1) is 15.0. The van der Waals surface area contributed by atoms with Gasteiger partial charge in [-0.2, -0.15) is 0 Å². The minimum atomic E-state index is -1.36. The molecule has 0 amide bonds. The van der Waals surface area contributed by atoms with Gasteiger partial charge >= 0.3 is 10.9 Å². The Hall–Kier alpha value is -0.480. The van der Waals surface area contributed by atoms with Crippen molar-refractivity contribution in [1.82, 2.24) is 0 Å². The topological polar surface area (TPSA) is 74.6 Å². The summed E-state index contributed by atoms with van der Waals surface area (Å²) in [6, 6.07) is 0. The van der Waals surface area contributed by atoms with E-state index in [1.54, 1.807) is 0 Å². The molecule has 1 fully saturated rings. The Morgan fingerprint density at radius 3 is 0.923 bits per heavy atom. The molecule has 1 aliphatic rings. The summed E-state index contributed by atoms with van der Waals surface area (Å²) in [4.78, 5) is 17.5. The lowest BCUT2D eigenvalue weighted by Crippen LogP contribution is -1.66. The molecule has 0 radical (unpaired) electrons. The molecule has 1 rings (SSSR count). The first-order chi connectivity index (χ1) is 5.96. The number of hydrogen-bond donors (Lipinski definition) is 2. The SMILES string of the molecule is C1CCCC1.O=C(O)Cl.O=C(O)Cl. The second-order valence-electron chi connectivity index (χ2n) is 2.27. The van der Waals surface area contributed by atoms with Crippen LogP contribution in [0.1, 0.15) is 32.1 Å². The molecule has 0 aromatic heterocycles. The number of halogens is 2. The molecular formula is C7H12Cl2O4. The van der Waals surface area contributed by atoms with Crippen molar-refractivity contribution in [3.05, 3.63) is 0 Å². The first-order valence-electron chi connectivity index (χ1n) is 3.73. The average molecular weight is 231 g/mol. The van der Waals surface area contributed by atoms with Crippen LogP contribution < -0.4 is 0 Å². The second kappa shape index (κ2) is 11.5. The fourth-order valence-corrected chi connectivity index (χ4v) is 0.884. The summed E-state index contributed by atoms with van der Waals surface area (Å²) in [5.74, 6) is 0. The fourth-order valence-electron chi connectivity index (χ4n) is 0.884. The van der Waals surface area contributed by atoms with Crippen LogP contribution in [0.4, 0.5) is 9.59 Å². The molecular weight excluding hydrogens is 219 g/mol. The predicted molar refractivity (Wildman–Crippen MR) is 50.8 cm³/mol. The van der Waals surface area contributed by atoms with Crippen molar-refractivity contribution in [1.29, 1.82) is 0 Å². The van der Waals surface area contributed by atoms with Gasteiger partial charge in [-0.25, -0.2) is 9.59 Å². The highest BCUT2D eigenvalue weighted by Crippen LogP contribution is 2.15. The molecule has 0 atom stereocenters. The molecule has 4 nitrogen and oxygen atoms in total. The molecule has 1 saturated carbocycles. The summed E-state index contributed by atoms with van der Waals surface area (Å²) in [5.41, 5.74) is -2.72. The van der Waals surface area contributed by atoms with Crippen LogP contribution in [-0.4, -0.2) is 21.1 Å². The monoisotopic (exact) mass is 230 g/mol. The molecule has 0 bridgehead atoms. The zero-order valence-electron chi connectivity index (χ0n) is 7.00. The van der Waals surface area contributed by atoms with Gasteiger partial charge in [-0.3, -0.25) is 0 Å². The molecule has 2 N–H and O–H groups in total. The van der Waals surface area contributed by atoms with Crippen LogP contribution in [0, 0.1) is 0 Å². The van der Waals surface area contributed by atoms with E-state index in [0.29, 0.717) is 0 Å². The van der Waals surface area contributed by atoms with Crippen LogP contribution in [0.3, 0.4) is 0 Å². The van der Waals surface area contributed by atoms with Crippen molar-refractivity contribution >= 4 is 34.1 Å². The molecule has 6 heteroatoms. The van der Waals surface area contributed by atoms with E-state index in [4.69, 9.17) is 19.8 Å². The van der Waals surface area contributed by atoms with E-state index in [-0.39, 0.29) is 0 Å². The molecule has 0 heterocycles. The van der Waals surface area contributed by atoms with Gasteiger partial charge in [0, 0.05) is 23.2 Å². The number of carboxylic acid groups (broad SMARTS) is 2. The Bertz CT molecular complexity index is 118. The molecule has 1 aliphatic carbocycles. The Kier molecular flexibility index (Phi) is 13.3. The molecule has 0 aliphatic heterocycles. The van der Waals surface area contributed by atoms with Crippen LogP contribution in [0.5, 0.6) is 0 Å². The van der Waals surface area contributed by atoms with Crippen molar-refractivity contribution in [2.45, 2.75) is 32.1 Å². The normalized spacial score (nSPS) is 13.1. The molecule has 0 aromatic carbocycles. The minimum Gasteiger partial charge on any atom is -0.469 e. The van der Waals surface area contributed by atoms with Gasteiger partial charge in [0.1, 0.15) is 0 Å². The highest BCUT2D eigenvalue weighted by atomic mass is 35.5. The van der Waals surface area contributed by atoms with Crippen LogP contribution in [0.2, 0.25) is 0 Å². The van der Waals surface area contributed by atoms with E-state index >= 15 is 0 Å². The van der Waals surface area contributed by atoms with Gasteiger partial charge < -0.3 is 10.2 Å². The van der Waals surface area contributed by atoms with Gasteiger partial charge in [-0.15, -0.1) is 0 Å². The van der Waals surface area contributed by atoms with Crippen molar-refractivity contribution in [2.75, 3.05) is 0 Å². The minimum absolute atomic E-state index is 1.36. The van der Waals surface area contributed by atoms with E-state index in [1.807, 2.05) is 0 Å². The lowest BCUT2D eigenvalue weighted by molar-refractivity contribution is 0.219. The number of hydrogen-bond acceptors (Lipinski definition) is 2. The van der Waals surface area contributed by atoms with E-state index in [1.165, 1.54) is 32.1 Å². The van der Waals surface area contributed by atoms with Gasteiger partial charge in [-0.1, -0.05) is 32.1 Å². The predicted octanol–water partition coefficient (Wildman–Crippen LogP) is 3.76. The van der Waals surface area contributed by atoms with Crippen LogP contribution in [0.25, 0.3) is 0 Å². The lowest BCUT2D eigenvalue weighted by Gasteiger charge is -1.67. The van der Waals surface area contributed by atoms with Gasteiger partial charge in [0.05, 0.1) is 0 Å². The maximum absolute atomic E-state index is 8.77. The third-order valence-corrected chi connectivity index (χ3v) is 1.25. The standard InChI is InChI=1S/C5H10.2CHClO2/c1-2-4-5-3-1;2*2-1(3)4/h1-5H2;2*(H,3,4). The molecule has 0 spiro atoms. The quantitative estimate of drug-likeness (QED) is 0.622. The molecule has 13 heavy (non-hydrogen) atoms. The zero-order chi connectivity index (χ0) is 10.7. The summed E-state index contributed by atoms with van der Waals surface area (Å²) in [5, 5.41) is 14.4. The third kappa shape index (κ3) is 51.1. The Balaban J connectivity index is 0. The Labute approximate surface area is 86.5 Å². The van der Waals surface area contributed by atoms with E-state index in [2.05, 4.69) is 23.2 Å². The van der Waals surface area contributed by atoms with Gasteiger partial charge in [0.2, 0.25) is 0 Å². The smallest absolute Gasteiger partial charge is 0.401 e. The largest absolute Gasteiger partial charge is 0.469 e. The van der Waals surface area contributed by atoms with E-state index in [0.717, 1.165) is 0 Å². The lowest BCUT2D eigenvalue weighted by atomic mass is 10.4. The fraction of sp³-hybridized carbons (Fsp3) is 0.714. The zero-order valence-corrected chi connectivity index (χ0v) is 8.51. The molecule has 0 saturated heterocycles. The molecule has 0 aromatic rings. The van der Waals surface area contributed by atoms with Crippen molar-refractivity contribution in [2.24, 2.45) is 0 Å². The summed E-state index contributed by atoms with van der Waals surface area (Å²) in [7, 11) is 0. The van der Waals surface area contributed by atoms with Gasteiger partial charge in [-0.05, 0) is 0 Å². The van der Waals surface area contributed by atoms with Crippen LogP contribution >= 0.6 is 23.2 Å². The van der Waals surface area contributed by atoms with Gasteiger partial charge in [0.15, 0.2) is 0 Å². The number of carbonyl (C=O) groups is 2. The van der Waals surface area contributed by atoms with Crippen LogP contribution in [-0.2, 0) is 0 Å². The number of rotatable bonds is 0. The summed E-state index contributed by atoms with van der Waals surface area (Å²) < 4.78 is 0. The summed E-state index contributed by atoms with van der Waals surface area (Å²) in [6.45, 7) is 0. The van der Waals surface area contributed by atoms with E-state index in [9.17, 15) is 0 Å². The maximum Gasteiger partial charge on any atom is 0.401 e. The Morgan fingerprint density at radius 2 is 0.846 bits per heavy atom. The summed E-state index contributed by atoms with van der Waals surface area (Å²) in [6.07, 6.45) is 7.50. The first-order valence-corrected chi connectivity index (χ1v) is 4.49. The molecule has 0 unspecified atom stereocenters. The second-order valence-corrected chi connectivity index (χ2v) is 2.92. The van der Waals surface area contributed by atoms with E-state index < -0.39 is 10.9 Å². The third-order valence-electron chi connectivity index (χ3n) is 1.25. The summed E-state index contributed by atoms with van der Waals surface area (Å²) >= 11 is 8.38. The van der Waals surface area contributed by atoms with Crippen LogP contribution in [0.15, 0.2) is 0 Å². The Morgan fingerprint density at radius 1 is 0.769 bits per heavy atom.